The predicted molar refractivity (Wildman–Crippen MR) is 118 cm³/mol. The number of carbonyl (C=O) groups is 1. The fraction of sp³-hybridized carbons (Fsp3) is 0.957. The fourth-order valence-corrected chi connectivity index (χ4v) is 16.8. The van der Waals surface area contributed by atoms with Crippen LogP contribution < -0.4 is 0 Å². The van der Waals surface area contributed by atoms with Crippen LogP contribution in [0.3, 0.4) is 0 Å². The van der Waals surface area contributed by atoms with Crippen LogP contribution in [0.1, 0.15) is 124 Å². The average Bonchev–Trinajstić information content (AvgIpc) is 2.63. The Labute approximate surface area is 169 Å². The van der Waals surface area contributed by atoms with Crippen molar-refractivity contribution in [1.82, 2.24) is 0 Å². The maximum absolute atomic E-state index is 12.5. The van der Waals surface area contributed by atoms with Gasteiger partial charge in [0, 0.05) is 0 Å². The van der Waals surface area contributed by atoms with Crippen molar-refractivity contribution in [2.24, 2.45) is 0 Å². The molecule has 0 amide bonds. The summed E-state index contributed by atoms with van der Waals surface area (Å²) in [7, 11) is 0. The summed E-state index contributed by atoms with van der Waals surface area (Å²) in [6.07, 6.45) is 18.5. The van der Waals surface area contributed by atoms with Gasteiger partial charge in [0.05, 0.1) is 0 Å². The van der Waals surface area contributed by atoms with Crippen LogP contribution in [-0.4, -0.2) is 24.8 Å². The van der Waals surface area contributed by atoms with Crippen LogP contribution in [-0.2, 0) is 7.87 Å². The Bertz CT molecular complexity index is 309. The first kappa shape index (κ1) is 26.3. The van der Waals surface area contributed by atoms with Crippen LogP contribution in [0.2, 0.25) is 13.3 Å². The first-order chi connectivity index (χ1) is 12.6. The molecule has 0 aromatic heterocycles. The summed E-state index contributed by atoms with van der Waals surface area (Å²) in [5, 5.41) is 0. The van der Waals surface area contributed by atoms with Gasteiger partial charge in [-0.05, 0) is 0 Å². The first-order valence-corrected chi connectivity index (χ1v) is 19.1. The van der Waals surface area contributed by atoms with Gasteiger partial charge in [-0.25, -0.2) is 0 Å². The monoisotopic (exact) mass is 476 g/mol. The van der Waals surface area contributed by atoms with Crippen molar-refractivity contribution in [3.8, 4) is 0 Å². The van der Waals surface area contributed by atoms with Crippen molar-refractivity contribution >= 4 is 24.8 Å². The average molecular weight is 475 g/mol. The first-order valence-electron chi connectivity index (χ1n) is 11.9. The summed E-state index contributed by atoms with van der Waals surface area (Å²) in [6.45, 7) is 9.04. The number of hydrogen-bond donors (Lipinski definition) is 0. The van der Waals surface area contributed by atoms with Crippen molar-refractivity contribution in [2.75, 3.05) is 0 Å². The molecule has 0 fully saturated rings. The third kappa shape index (κ3) is 14.3. The summed E-state index contributed by atoms with van der Waals surface area (Å²) < 4.78 is 10.1. The summed E-state index contributed by atoms with van der Waals surface area (Å²) >= 11 is -2.69. The van der Waals surface area contributed by atoms with Crippen LogP contribution in [0.5, 0.6) is 0 Å². The van der Waals surface area contributed by atoms with Crippen molar-refractivity contribution < 1.29 is 7.87 Å². The molecule has 0 aliphatic carbocycles. The van der Waals surface area contributed by atoms with Crippen molar-refractivity contribution in [3.05, 3.63) is 0 Å². The SMILES string of the molecule is CCCCCCCCCCCC(=O)[O][Sn]([CH2]CC)([CH2]CCC)[CH2]CCC. The Hall–Kier alpha value is 0.269. The topological polar surface area (TPSA) is 26.3 Å². The molecule has 26 heavy (non-hydrogen) atoms. The van der Waals surface area contributed by atoms with Crippen LogP contribution >= 0.6 is 0 Å². The Balaban J connectivity index is 4.10. The number of unbranched alkanes of at least 4 members (excludes halogenated alkanes) is 10. The molecule has 0 aromatic rings. The number of hydrogen-bond acceptors (Lipinski definition) is 2. The molecular formula is C23H48O2Sn. The Morgan fingerprint density at radius 3 is 1.50 bits per heavy atom. The Morgan fingerprint density at radius 1 is 0.577 bits per heavy atom. The second-order valence-corrected chi connectivity index (χ2v) is 19.8. The maximum atomic E-state index is 12.5. The normalized spacial score (nSPS) is 11.7. The van der Waals surface area contributed by atoms with Crippen molar-refractivity contribution in [3.63, 3.8) is 0 Å². The molecule has 0 atom stereocenters. The van der Waals surface area contributed by atoms with Gasteiger partial charge in [-0.3, -0.25) is 0 Å². The van der Waals surface area contributed by atoms with Gasteiger partial charge in [0.1, 0.15) is 0 Å². The number of carbonyl (C=O) groups excluding carboxylic acids is 1. The van der Waals surface area contributed by atoms with E-state index in [-0.39, 0.29) is 5.97 Å². The van der Waals surface area contributed by atoms with Crippen LogP contribution in [0, 0.1) is 0 Å². The third-order valence-electron chi connectivity index (χ3n) is 5.49. The van der Waals surface area contributed by atoms with Gasteiger partial charge in [-0.2, -0.15) is 0 Å². The second-order valence-electron chi connectivity index (χ2n) is 8.19. The Kier molecular flexibility index (Phi) is 18.8. The van der Waals surface area contributed by atoms with E-state index in [0.29, 0.717) is 6.42 Å². The zero-order valence-corrected chi connectivity index (χ0v) is 21.4. The quantitative estimate of drug-likeness (QED) is 0.139. The molecule has 0 spiro atoms. The minimum absolute atomic E-state index is 0.143. The molecule has 0 aliphatic rings. The fourth-order valence-electron chi connectivity index (χ4n) is 3.85. The van der Waals surface area contributed by atoms with E-state index in [9.17, 15) is 4.79 Å². The molecule has 0 saturated carbocycles. The molecule has 0 N–H and O–H groups in total. The van der Waals surface area contributed by atoms with Crippen LogP contribution in [0.4, 0.5) is 0 Å². The minimum atomic E-state index is -2.69. The van der Waals surface area contributed by atoms with E-state index in [2.05, 4.69) is 27.7 Å². The molecule has 0 unspecified atom stereocenters. The van der Waals surface area contributed by atoms with Gasteiger partial charge in [0.2, 0.25) is 0 Å². The molecule has 3 heteroatoms. The van der Waals surface area contributed by atoms with Gasteiger partial charge in [0.15, 0.2) is 0 Å². The molecule has 156 valence electrons. The standard InChI is InChI=1S/C12H24O2.2C4H9.C3H7.Sn/c1-2-3-4-5-6-7-8-9-10-11-12(13)14;2*1-3-4-2;1-3-2;/h2-11H2,1H3,(H,13,14);2*1,3-4H2,2H3;1,3H2,2H3;/q;;;;+1/p-1. The molecule has 0 rings (SSSR count). The van der Waals surface area contributed by atoms with E-state index in [1.54, 1.807) is 0 Å². The zero-order valence-electron chi connectivity index (χ0n) is 18.5. The summed E-state index contributed by atoms with van der Waals surface area (Å²) in [5.41, 5.74) is 0. The molecule has 0 aliphatic heterocycles. The van der Waals surface area contributed by atoms with Crippen LogP contribution in [0.15, 0.2) is 0 Å². The zero-order chi connectivity index (χ0) is 19.5. The van der Waals surface area contributed by atoms with Gasteiger partial charge in [0.25, 0.3) is 0 Å². The summed E-state index contributed by atoms with van der Waals surface area (Å²) in [6, 6.07) is 0. The molecular weight excluding hydrogens is 427 g/mol. The van der Waals surface area contributed by atoms with Gasteiger partial charge in [-0.15, -0.1) is 0 Å². The molecule has 0 heterocycles. The molecule has 2 nitrogen and oxygen atoms in total. The van der Waals surface area contributed by atoms with E-state index in [4.69, 9.17) is 3.07 Å². The molecule has 0 bridgehead atoms. The van der Waals surface area contributed by atoms with Crippen LogP contribution in [0.25, 0.3) is 0 Å². The van der Waals surface area contributed by atoms with Gasteiger partial charge < -0.3 is 0 Å². The predicted octanol–water partition coefficient (Wildman–Crippen LogP) is 8.41. The molecule has 0 radical (unpaired) electrons. The van der Waals surface area contributed by atoms with E-state index in [1.165, 1.54) is 96.8 Å². The summed E-state index contributed by atoms with van der Waals surface area (Å²) in [4.78, 5) is 12.5. The molecule has 0 saturated heterocycles. The number of rotatable bonds is 19. The van der Waals surface area contributed by atoms with E-state index in [0.717, 1.165) is 6.42 Å². The van der Waals surface area contributed by atoms with Gasteiger partial charge in [-0.1, -0.05) is 6.92 Å². The van der Waals surface area contributed by atoms with E-state index in [1.807, 2.05) is 0 Å². The Morgan fingerprint density at radius 2 is 1.04 bits per heavy atom. The van der Waals surface area contributed by atoms with E-state index >= 15 is 0 Å². The molecule has 0 aromatic carbocycles. The third-order valence-corrected chi connectivity index (χ3v) is 18.6. The van der Waals surface area contributed by atoms with Gasteiger partial charge >= 0.3 is 163 Å². The second kappa shape index (κ2) is 18.6. The van der Waals surface area contributed by atoms with E-state index < -0.39 is 18.8 Å². The summed E-state index contributed by atoms with van der Waals surface area (Å²) in [5.74, 6) is 0.143. The van der Waals surface area contributed by atoms with Crippen molar-refractivity contribution in [2.45, 2.75) is 137 Å². The van der Waals surface area contributed by atoms with Crippen molar-refractivity contribution in [1.29, 1.82) is 0 Å².